The Balaban J connectivity index is 2.01. The normalized spacial score (nSPS) is 11.6. The van der Waals surface area contributed by atoms with Gasteiger partial charge in [-0.25, -0.2) is 0 Å². The van der Waals surface area contributed by atoms with E-state index in [4.69, 9.17) is 0 Å². The summed E-state index contributed by atoms with van der Waals surface area (Å²) < 4.78 is 27.4. The molecule has 2 aromatic carbocycles. The molecule has 0 aliphatic rings. The highest BCUT2D eigenvalue weighted by Gasteiger charge is 2.27. The first-order valence-corrected chi connectivity index (χ1v) is 12.7. The highest BCUT2D eigenvalue weighted by Crippen LogP contribution is 2.39. The van der Waals surface area contributed by atoms with Crippen LogP contribution < -0.4 is 10.6 Å². The Morgan fingerprint density at radius 3 is 2.28 bits per heavy atom. The van der Waals surface area contributed by atoms with Gasteiger partial charge in [-0.05, 0) is 85.2 Å². The Morgan fingerprint density at radius 2 is 1.67 bits per heavy atom. The molecule has 3 rings (SSSR count). The van der Waals surface area contributed by atoms with E-state index in [0.29, 0.717) is 11.6 Å². The van der Waals surface area contributed by atoms with Gasteiger partial charge in [0.05, 0.1) is 0 Å². The van der Waals surface area contributed by atoms with Crippen molar-refractivity contribution >= 4 is 17.3 Å². The zero-order chi connectivity index (χ0) is 26.5. The molecule has 0 spiro atoms. The number of hydrogen-bond donors (Lipinski definition) is 2. The van der Waals surface area contributed by atoms with Crippen LogP contribution in [-0.2, 0) is 5.92 Å². The van der Waals surface area contributed by atoms with Crippen LogP contribution in [0, 0.1) is 13.8 Å². The first-order valence-electron chi connectivity index (χ1n) is 12.7. The molecule has 0 aliphatic carbocycles. The van der Waals surface area contributed by atoms with E-state index in [0.717, 1.165) is 61.1 Å². The van der Waals surface area contributed by atoms with Crippen LogP contribution >= 0.6 is 0 Å². The SMILES string of the molecule is CCCC(CCC)c1cc(C)c(NC)c(-c2cc(NC(=O)c3ccnc(C(C)(F)F)c3)ccc2C)c1. The smallest absolute Gasteiger partial charge is 0.286 e. The summed E-state index contributed by atoms with van der Waals surface area (Å²) in [5.74, 6) is -3.07. The van der Waals surface area contributed by atoms with Gasteiger partial charge >= 0.3 is 0 Å². The molecule has 1 heterocycles. The molecule has 0 atom stereocenters. The van der Waals surface area contributed by atoms with E-state index in [2.05, 4.69) is 55.4 Å². The predicted molar refractivity (Wildman–Crippen MR) is 145 cm³/mol. The molecule has 1 amide bonds. The maximum absolute atomic E-state index is 13.7. The second-order valence-corrected chi connectivity index (χ2v) is 9.59. The zero-order valence-corrected chi connectivity index (χ0v) is 22.1. The maximum Gasteiger partial charge on any atom is 0.286 e. The van der Waals surface area contributed by atoms with Crippen molar-refractivity contribution in [3.8, 4) is 11.1 Å². The minimum Gasteiger partial charge on any atom is -0.387 e. The Bertz CT molecular complexity index is 1210. The fraction of sp³-hybridized carbons (Fsp3) is 0.400. The lowest BCUT2D eigenvalue weighted by molar-refractivity contribution is 0.0127. The number of alkyl halides is 2. The van der Waals surface area contributed by atoms with Crippen LogP contribution in [0.1, 0.15) is 85.1 Å². The van der Waals surface area contributed by atoms with E-state index >= 15 is 0 Å². The number of aryl methyl sites for hydroxylation is 2. The molecule has 1 aromatic heterocycles. The summed E-state index contributed by atoms with van der Waals surface area (Å²) in [6.45, 7) is 9.39. The van der Waals surface area contributed by atoms with Crippen molar-refractivity contribution in [1.82, 2.24) is 4.98 Å². The lowest BCUT2D eigenvalue weighted by Crippen LogP contribution is -2.15. The summed E-state index contributed by atoms with van der Waals surface area (Å²) in [5.41, 5.74) is 7.08. The first-order chi connectivity index (χ1) is 17.1. The summed E-state index contributed by atoms with van der Waals surface area (Å²) in [6, 6.07) is 12.9. The van der Waals surface area contributed by atoms with E-state index in [-0.39, 0.29) is 5.56 Å². The highest BCUT2D eigenvalue weighted by molar-refractivity contribution is 6.04. The quantitative estimate of drug-likeness (QED) is 0.298. The molecular formula is C30H37F2N3O. The third kappa shape index (κ3) is 6.28. The van der Waals surface area contributed by atoms with E-state index in [9.17, 15) is 13.6 Å². The minimum absolute atomic E-state index is 0.138. The molecule has 0 radical (unpaired) electrons. The number of carbonyl (C=O) groups excluding carboxylic acids is 1. The van der Waals surface area contributed by atoms with Crippen molar-refractivity contribution in [3.05, 3.63) is 76.6 Å². The number of anilines is 2. The van der Waals surface area contributed by atoms with Gasteiger partial charge in [0.15, 0.2) is 0 Å². The number of aromatic nitrogens is 1. The molecule has 0 unspecified atom stereocenters. The maximum atomic E-state index is 13.7. The van der Waals surface area contributed by atoms with Crippen molar-refractivity contribution < 1.29 is 13.6 Å². The Hall–Kier alpha value is -3.28. The lowest BCUT2D eigenvalue weighted by atomic mass is 9.86. The number of halogens is 2. The van der Waals surface area contributed by atoms with Crippen LogP contribution in [0.5, 0.6) is 0 Å². The topological polar surface area (TPSA) is 54.0 Å². The first kappa shape index (κ1) is 27.3. The van der Waals surface area contributed by atoms with Gasteiger partial charge in [-0.2, -0.15) is 8.78 Å². The molecule has 4 nitrogen and oxygen atoms in total. The second-order valence-electron chi connectivity index (χ2n) is 9.59. The number of amides is 1. The Kier molecular flexibility index (Phi) is 8.83. The van der Waals surface area contributed by atoms with Gasteiger partial charge in [0.25, 0.3) is 11.8 Å². The van der Waals surface area contributed by atoms with Crippen molar-refractivity contribution in [2.45, 2.75) is 72.1 Å². The minimum atomic E-state index is -3.12. The number of hydrogen-bond acceptors (Lipinski definition) is 3. The molecule has 0 bridgehead atoms. The van der Waals surface area contributed by atoms with Crippen LogP contribution in [0.25, 0.3) is 11.1 Å². The molecule has 0 saturated heterocycles. The third-order valence-corrected chi connectivity index (χ3v) is 6.61. The third-order valence-electron chi connectivity index (χ3n) is 6.61. The van der Waals surface area contributed by atoms with Gasteiger partial charge in [0, 0.05) is 42.7 Å². The molecule has 0 saturated carbocycles. The molecule has 192 valence electrons. The zero-order valence-electron chi connectivity index (χ0n) is 22.1. The van der Waals surface area contributed by atoms with Crippen molar-refractivity contribution in [1.29, 1.82) is 0 Å². The molecule has 6 heteroatoms. The van der Waals surface area contributed by atoms with Gasteiger partial charge in [-0.15, -0.1) is 0 Å². The summed E-state index contributed by atoms with van der Waals surface area (Å²) in [6.07, 6.45) is 5.79. The fourth-order valence-electron chi connectivity index (χ4n) is 4.77. The number of benzene rings is 2. The van der Waals surface area contributed by atoms with Crippen molar-refractivity contribution in [2.75, 3.05) is 17.7 Å². The molecule has 0 aliphatic heterocycles. The fourth-order valence-corrected chi connectivity index (χ4v) is 4.77. The number of pyridine rings is 1. The van der Waals surface area contributed by atoms with Crippen LogP contribution in [0.15, 0.2) is 48.7 Å². The molecule has 36 heavy (non-hydrogen) atoms. The summed E-state index contributed by atoms with van der Waals surface area (Å²) in [4.78, 5) is 16.6. The van der Waals surface area contributed by atoms with Gasteiger partial charge in [-0.1, -0.05) is 38.8 Å². The Morgan fingerprint density at radius 1 is 0.972 bits per heavy atom. The average Bonchev–Trinajstić information content (AvgIpc) is 2.84. The summed E-state index contributed by atoms with van der Waals surface area (Å²) >= 11 is 0. The number of carbonyl (C=O) groups is 1. The van der Waals surface area contributed by atoms with Crippen LogP contribution in [0.3, 0.4) is 0 Å². The Labute approximate surface area is 213 Å². The molecule has 3 aromatic rings. The number of rotatable bonds is 10. The largest absolute Gasteiger partial charge is 0.387 e. The lowest BCUT2D eigenvalue weighted by Gasteiger charge is -2.22. The molecule has 0 fully saturated rings. The van der Waals surface area contributed by atoms with E-state index in [1.165, 1.54) is 23.4 Å². The molecular weight excluding hydrogens is 456 g/mol. The predicted octanol–water partition coefficient (Wildman–Crippen LogP) is 8.45. The molecule has 2 N–H and O–H groups in total. The number of nitrogens with one attached hydrogen (secondary N) is 2. The van der Waals surface area contributed by atoms with Gasteiger partial charge < -0.3 is 10.6 Å². The van der Waals surface area contributed by atoms with Crippen molar-refractivity contribution in [2.24, 2.45) is 0 Å². The van der Waals surface area contributed by atoms with E-state index in [1.807, 2.05) is 25.2 Å². The average molecular weight is 494 g/mol. The monoisotopic (exact) mass is 493 g/mol. The van der Waals surface area contributed by atoms with Gasteiger partial charge in [0.2, 0.25) is 0 Å². The second kappa shape index (κ2) is 11.6. The van der Waals surface area contributed by atoms with E-state index in [1.54, 1.807) is 0 Å². The summed E-state index contributed by atoms with van der Waals surface area (Å²) in [5, 5.41) is 6.23. The van der Waals surface area contributed by atoms with Crippen LogP contribution in [0.2, 0.25) is 0 Å². The van der Waals surface area contributed by atoms with Crippen molar-refractivity contribution in [3.63, 3.8) is 0 Å². The van der Waals surface area contributed by atoms with Gasteiger partial charge in [-0.3, -0.25) is 9.78 Å². The standard InChI is InChI=1S/C30H37F2N3O/c1-7-9-21(10-8-2)23-15-20(4)28(33-6)26(16-23)25-18-24(12-11-19(25)3)35-29(36)22-13-14-34-27(17-22)30(5,31)32/h11-18,21,33H,7-10H2,1-6H3,(H,35,36). The highest BCUT2D eigenvalue weighted by atomic mass is 19.3. The number of nitrogens with zero attached hydrogens (tertiary/aromatic N) is 1. The van der Waals surface area contributed by atoms with Crippen LogP contribution in [0.4, 0.5) is 20.2 Å². The van der Waals surface area contributed by atoms with Crippen LogP contribution in [-0.4, -0.2) is 17.9 Å². The van der Waals surface area contributed by atoms with Gasteiger partial charge in [0.1, 0.15) is 5.69 Å². The summed E-state index contributed by atoms with van der Waals surface area (Å²) in [7, 11) is 1.92. The van der Waals surface area contributed by atoms with E-state index < -0.39 is 17.5 Å².